The fourth-order valence-corrected chi connectivity index (χ4v) is 2.40. The molecule has 0 radical (unpaired) electrons. The van der Waals surface area contributed by atoms with Gasteiger partial charge < -0.3 is 10.2 Å². The van der Waals surface area contributed by atoms with Crippen LogP contribution in [0.5, 0.6) is 5.75 Å². The Morgan fingerprint density at radius 2 is 2.05 bits per heavy atom. The van der Waals surface area contributed by atoms with Crippen molar-refractivity contribution < 1.29 is 9.63 Å². The summed E-state index contributed by atoms with van der Waals surface area (Å²) in [4.78, 5) is 17.3. The molecule has 102 valence electrons. The molecule has 0 aromatic heterocycles. The van der Waals surface area contributed by atoms with Gasteiger partial charge in [0.15, 0.2) is 5.75 Å². The normalized spacial score (nSPS) is 15.8. The maximum Gasteiger partial charge on any atom is 0.263 e. The Kier molecular flexibility index (Phi) is 6.55. The van der Waals surface area contributed by atoms with E-state index in [0.29, 0.717) is 15.0 Å². The summed E-state index contributed by atoms with van der Waals surface area (Å²) < 4.78 is 0.480. The maximum atomic E-state index is 11.5. The number of hydrogen-bond acceptors (Lipinski definition) is 5. The topological polar surface area (TPSA) is 50.4 Å². The predicted molar refractivity (Wildman–Crippen MR) is 83.8 cm³/mol. The number of amides is 1. The van der Waals surface area contributed by atoms with Crippen molar-refractivity contribution in [3.8, 4) is 5.75 Å². The summed E-state index contributed by atoms with van der Waals surface area (Å²) in [6, 6.07) is 7.43. The van der Waals surface area contributed by atoms with Crippen LogP contribution in [0.3, 0.4) is 0 Å². The smallest absolute Gasteiger partial charge is 0.263 e. The molecule has 0 saturated carbocycles. The molecule has 0 spiro atoms. The minimum Gasteiger partial charge on any atom is -0.408 e. The Balaban J connectivity index is 0.000000861. The zero-order chi connectivity index (χ0) is 14.3. The van der Waals surface area contributed by atoms with Gasteiger partial charge in [-0.05, 0) is 12.1 Å². The van der Waals surface area contributed by atoms with Gasteiger partial charge in [-0.2, -0.15) is 5.48 Å². The van der Waals surface area contributed by atoms with E-state index in [2.05, 4.69) is 10.8 Å². The molecule has 1 aliphatic heterocycles. The SMILES string of the molecule is CC.CNOc1ccccc1/C=C1\SC(=S)NC1=O. The maximum absolute atomic E-state index is 11.5. The molecular weight excluding hydrogens is 280 g/mol. The van der Waals surface area contributed by atoms with E-state index in [9.17, 15) is 4.79 Å². The number of nitrogens with one attached hydrogen (secondary N) is 2. The number of thiocarbonyl (C=S) groups is 1. The molecule has 4 nitrogen and oxygen atoms in total. The van der Waals surface area contributed by atoms with Crippen molar-refractivity contribution in [1.82, 2.24) is 10.8 Å². The average Bonchev–Trinajstić information content (AvgIpc) is 2.73. The van der Waals surface area contributed by atoms with Gasteiger partial charge in [-0.25, -0.2) is 0 Å². The Morgan fingerprint density at radius 3 is 2.63 bits per heavy atom. The van der Waals surface area contributed by atoms with Crippen molar-refractivity contribution in [1.29, 1.82) is 0 Å². The third kappa shape index (κ3) is 4.34. The van der Waals surface area contributed by atoms with Crippen molar-refractivity contribution in [3.63, 3.8) is 0 Å². The molecule has 2 rings (SSSR count). The third-order valence-electron chi connectivity index (χ3n) is 2.06. The largest absolute Gasteiger partial charge is 0.408 e. The second-order valence-electron chi connectivity index (χ2n) is 3.20. The van der Waals surface area contributed by atoms with E-state index in [1.807, 2.05) is 38.1 Å². The van der Waals surface area contributed by atoms with E-state index in [1.54, 1.807) is 13.1 Å². The van der Waals surface area contributed by atoms with Crippen molar-refractivity contribution in [2.75, 3.05) is 7.05 Å². The van der Waals surface area contributed by atoms with Crippen LogP contribution in [0.1, 0.15) is 19.4 Å². The Bertz CT molecular complexity index is 501. The number of para-hydroxylation sites is 1. The van der Waals surface area contributed by atoms with Crippen molar-refractivity contribution >= 4 is 40.3 Å². The molecule has 0 atom stereocenters. The number of hydrogen-bond donors (Lipinski definition) is 2. The molecule has 1 fully saturated rings. The summed E-state index contributed by atoms with van der Waals surface area (Å²) in [5.74, 6) is 0.493. The molecule has 1 aromatic carbocycles. The van der Waals surface area contributed by atoms with Gasteiger partial charge in [-0.15, -0.1) is 0 Å². The molecular formula is C13H16N2O2S2. The molecule has 0 aliphatic carbocycles. The minimum absolute atomic E-state index is 0.167. The molecule has 1 amide bonds. The van der Waals surface area contributed by atoms with E-state index in [0.717, 1.165) is 5.56 Å². The molecule has 2 N–H and O–H groups in total. The number of hydroxylamine groups is 1. The fourth-order valence-electron chi connectivity index (χ4n) is 1.36. The molecule has 1 heterocycles. The monoisotopic (exact) mass is 296 g/mol. The number of benzene rings is 1. The van der Waals surface area contributed by atoms with E-state index in [-0.39, 0.29) is 5.91 Å². The van der Waals surface area contributed by atoms with Crippen LogP contribution in [-0.4, -0.2) is 17.3 Å². The fraction of sp³-hybridized carbons (Fsp3) is 0.231. The van der Waals surface area contributed by atoms with Crippen molar-refractivity contribution in [2.24, 2.45) is 0 Å². The highest BCUT2D eigenvalue weighted by molar-refractivity contribution is 8.26. The van der Waals surface area contributed by atoms with Gasteiger partial charge >= 0.3 is 0 Å². The van der Waals surface area contributed by atoms with Gasteiger partial charge in [0.05, 0.1) is 4.91 Å². The zero-order valence-electron chi connectivity index (χ0n) is 11.0. The van der Waals surface area contributed by atoms with Crippen LogP contribution in [0.25, 0.3) is 6.08 Å². The molecule has 0 bridgehead atoms. The highest BCUT2D eigenvalue weighted by Gasteiger charge is 2.22. The lowest BCUT2D eigenvalue weighted by molar-refractivity contribution is -0.115. The van der Waals surface area contributed by atoms with Crippen LogP contribution in [0.4, 0.5) is 0 Å². The van der Waals surface area contributed by atoms with Gasteiger partial charge in [-0.3, -0.25) is 4.79 Å². The van der Waals surface area contributed by atoms with Crippen LogP contribution in [-0.2, 0) is 4.79 Å². The number of rotatable bonds is 3. The number of carbonyl (C=O) groups is 1. The van der Waals surface area contributed by atoms with Crippen LogP contribution in [0, 0.1) is 0 Å². The summed E-state index contributed by atoms with van der Waals surface area (Å²) in [6.07, 6.45) is 1.76. The second kappa shape index (κ2) is 7.93. The van der Waals surface area contributed by atoms with Gasteiger partial charge in [-0.1, -0.05) is 56.0 Å². The van der Waals surface area contributed by atoms with Gasteiger partial charge in [0.25, 0.3) is 5.91 Å². The Labute approximate surface area is 122 Å². The first-order valence-corrected chi connectivity index (χ1v) is 7.10. The standard InChI is InChI=1S/C11H10N2O2S2.C2H6/c1-12-15-8-5-3-2-4-7(8)6-9-10(14)13-11(16)17-9;1-2/h2-6,12H,1H3,(H,13,14,16);1-2H3/b9-6-;. The molecule has 6 heteroatoms. The molecule has 19 heavy (non-hydrogen) atoms. The first-order valence-electron chi connectivity index (χ1n) is 5.88. The van der Waals surface area contributed by atoms with Crippen LogP contribution in [0.2, 0.25) is 0 Å². The minimum atomic E-state index is -0.167. The van der Waals surface area contributed by atoms with Crippen LogP contribution in [0.15, 0.2) is 29.2 Å². The van der Waals surface area contributed by atoms with Crippen LogP contribution >= 0.6 is 24.0 Å². The Morgan fingerprint density at radius 1 is 1.37 bits per heavy atom. The molecule has 1 aromatic rings. The molecule has 0 unspecified atom stereocenters. The summed E-state index contributed by atoms with van der Waals surface area (Å²) in [6.45, 7) is 4.00. The highest BCUT2D eigenvalue weighted by Crippen LogP contribution is 2.28. The lowest BCUT2D eigenvalue weighted by Crippen LogP contribution is -2.17. The molecule has 1 aliphatic rings. The highest BCUT2D eigenvalue weighted by atomic mass is 32.2. The Hall–Kier alpha value is -1.37. The summed E-state index contributed by atoms with van der Waals surface area (Å²) in [5, 5.41) is 2.57. The summed E-state index contributed by atoms with van der Waals surface area (Å²) in [5.41, 5.74) is 3.43. The van der Waals surface area contributed by atoms with Crippen molar-refractivity contribution in [3.05, 3.63) is 34.7 Å². The van der Waals surface area contributed by atoms with Crippen molar-refractivity contribution in [2.45, 2.75) is 13.8 Å². The first kappa shape index (κ1) is 15.7. The second-order valence-corrected chi connectivity index (χ2v) is 4.92. The lowest BCUT2D eigenvalue weighted by Gasteiger charge is -2.06. The summed E-state index contributed by atoms with van der Waals surface area (Å²) in [7, 11) is 1.68. The van der Waals surface area contributed by atoms with Crippen LogP contribution < -0.4 is 15.6 Å². The average molecular weight is 296 g/mol. The van der Waals surface area contributed by atoms with E-state index < -0.39 is 0 Å². The lowest BCUT2D eigenvalue weighted by atomic mass is 10.2. The number of thioether (sulfide) groups is 1. The zero-order valence-corrected chi connectivity index (χ0v) is 12.7. The van der Waals surface area contributed by atoms with Gasteiger partial charge in [0.1, 0.15) is 4.32 Å². The van der Waals surface area contributed by atoms with Gasteiger partial charge in [0, 0.05) is 12.6 Å². The predicted octanol–water partition coefficient (Wildman–Crippen LogP) is 2.71. The summed E-state index contributed by atoms with van der Waals surface area (Å²) >= 11 is 6.17. The van der Waals surface area contributed by atoms with E-state index >= 15 is 0 Å². The number of carbonyl (C=O) groups excluding carboxylic acids is 1. The van der Waals surface area contributed by atoms with E-state index in [1.165, 1.54) is 11.8 Å². The quantitative estimate of drug-likeness (QED) is 0.510. The molecule has 1 saturated heterocycles. The van der Waals surface area contributed by atoms with E-state index in [4.69, 9.17) is 17.1 Å². The third-order valence-corrected chi connectivity index (χ3v) is 3.22. The first-order chi connectivity index (χ1) is 9.20. The van der Waals surface area contributed by atoms with Gasteiger partial charge in [0.2, 0.25) is 0 Å².